The normalized spacial score (nSPS) is 22.9. The maximum atomic E-state index is 12.6. The molecule has 1 aliphatic rings. The molecule has 0 aromatic carbocycles. The van der Waals surface area contributed by atoms with E-state index in [9.17, 15) is 9.59 Å². The summed E-state index contributed by atoms with van der Waals surface area (Å²) < 4.78 is 0. The zero-order chi connectivity index (χ0) is 14.6. The maximum Gasteiger partial charge on any atom is 0.323 e. The number of likely N-dealkylation sites (tertiary alicyclic amines) is 1. The third-order valence-corrected chi connectivity index (χ3v) is 3.66. The number of aliphatic carboxylic acids is 1. The third-order valence-electron chi connectivity index (χ3n) is 3.66. The quantitative estimate of drug-likeness (QED) is 0.834. The molecule has 1 rings (SSSR count). The zero-order valence-corrected chi connectivity index (χ0v) is 12.4. The van der Waals surface area contributed by atoms with Crippen molar-refractivity contribution < 1.29 is 14.7 Å². The summed E-state index contributed by atoms with van der Waals surface area (Å²) in [6.07, 6.45) is 2.96. The van der Waals surface area contributed by atoms with Gasteiger partial charge in [0.1, 0.15) is 6.54 Å². The summed E-state index contributed by atoms with van der Waals surface area (Å²) in [5.74, 6) is -0.685. The summed E-state index contributed by atoms with van der Waals surface area (Å²) in [6.45, 7) is 8.38. The first-order chi connectivity index (χ1) is 8.86. The van der Waals surface area contributed by atoms with Crippen molar-refractivity contribution in [3.63, 3.8) is 0 Å². The van der Waals surface area contributed by atoms with Gasteiger partial charge in [-0.05, 0) is 32.1 Å². The van der Waals surface area contributed by atoms with Gasteiger partial charge in [-0.15, -0.1) is 0 Å². The first-order valence-corrected chi connectivity index (χ1v) is 7.15. The van der Waals surface area contributed by atoms with Gasteiger partial charge >= 0.3 is 12.0 Å². The lowest BCUT2D eigenvalue weighted by Crippen LogP contribution is -2.50. The van der Waals surface area contributed by atoms with Gasteiger partial charge in [0.05, 0.1) is 0 Å². The fourth-order valence-electron chi connectivity index (χ4n) is 2.79. The Bertz CT molecular complexity index is 331. The fraction of sp³-hybridized carbons (Fsp3) is 0.857. The number of hydrogen-bond donors (Lipinski definition) is 1. The van der Waals surface area contributed by atoms with Crippen LogP contribution < -0.4 is 0 Å². The second-order valence-corrected chi connectivity index (χ2v) is 5.85. The first-order valence-electron chi connectivity index (χ1n) is 7.15. The van der Waals surface area contributed by atoms with Crippen molar-refractivity contribution in [3.8, 4) is 0 Å². The van der Waals surface area contributed by atoms with E-state index in [1.54, 1.807) is 0 Å². The average Bonchev–Trinajstić information content (AvgIpc) is 2.67. The number of carboxylic acid groups (broad SMARTS) is 1. The van der Waals surface area contributed by atoms with Crippen LogP contribution in [0.1, 0.15) is 47.0 Å². The van der Waals surface area contributed by atoms with Crippen LogP contribution in [0.3, 0.4) is 0 Å². The molecule has 5 heteroatoms. The molecule has 0 aromatic rings. The SMILES string of the molecule is CCC1CCC(C)N1C(=O)N(CC(=O)O)CC(C)C. The Hall–Kier alpha value is -1.26. The molecule has 0 spiro atoms. The first kappa shape index (κ1) is 15.8. The topological polar surface area (TPSA) is 60.9 Å². The second kappa shape index (κ2) is 6.78. The van der Waals surface area contributed by atoms with Gasteiger partial charge in [-0.3, -0.25) is 4.79 Å². The molecule has 1 saturated heterocycles. The molecule has 0 bridgehead atoms. The van der Waals surface area contributed by atoms with Gasteiger partial charge in [0.2, 0.25) is 0 Å². The van der Waals surface area contributed by atoms with Crippen LogP contribution in [-0.4, -0.2) is 52.1 Å². The Morgan fingerprint density at radius 2 is 2.00 bits per heavy atom. The number of urea groups is 1. The Kier molecular flexibility index (Phi) is 5.63. The minimum absolute atomic E-state index is 0.118. The van der Waals surface area contributed by atoms with Crippen molar-refractivity contribution in [1.29, 1.82) is 0 Å². The Labute approximate surface area is 115 Å². The van der Waals surface area contributed by atoms with E-state index in [1.165, 1.54) is 4.90 Å². The monoisotopic (exact) mass is 270 g/mol. The highest BCUT2D eigenvalue weighted by atomic mass is 16.4. The summed E-state index contributed by atoms with van der Waals surface area (Å²) in [5, 5.41) is 8.97. The summed E-state index contributed by atoms with van der Waals surface area (Å²) in [7, 11) is 0. The van der Waals surface area contributed by atoms with Crippen LogP contribution >= 0.6 is 0 Å². The molecular formula is C14H26N2O3. The Morgan fingerprint density at radius 3 is 2.47 bits per heavy atom. The summed E-state index contributed by atoms with van der Waals surface area (Å²) >= 11 is 0. The standard InChI is InChI=1S/C14H26N2O3/c1-5-12-7-6-11(4)16(12)14(19)15(8-10(2)3)9-13(17)18/h10-12H,5-9H2,1-4H3,(H,17,18). The molecule has 0 aromatic heterocycles. The molecule has 0 aliphatic carbocycles. The van der Waals surface area contributed by atoms with E-state index in [1.807, 2.05) is 25.7 Å². The van der Waals surface area contributed by atoms with Gasteiger partial charge in [0, 0.05) is 18.6 Å². The van der Waals surface area contributed by atoms with Crippen LogP contribution in [0.2, 0.25) is 0 Å². The number of carbonyl (C=O) groups excluding carboxylic acids is 1. The molecule has 0 saturated carbocycles. The van der Waals surface area contributed by atoms with Crippen molar-refractivity contribution in [3.05, 3.63) is 0 Å². The smallest absolute Gasteiger partial charge is 0.323 e. The zero-order valence-electron chi connectivity index (χ0n) is 12.4. The van der Waals surface area contributed by atoms with Crippen LogP contribution in [0.15, 0.2) is 0 Å². The number of rotatable bonds is 5. The van der Waals surface area contributed by atoms with Gasteiger partial charge in [0.25, 0.3) is 0 Å². The van der Waals surface area contributed by atoms with Gasteiger partial charge in [-0.25, -0.2) is 4.79 Å². The molecule has 1 aliphatic heterocycles. The van der Waals surface area contributed by atoms with Crippen molar-refractivity contribution in [1.82, 2.24) is 9.80 Å². The molecule has 1 heterocycles. The maximum absolute atomic E-state index is 12.6. The number of carbonyl (C=O) groups is 2. The number of nitrogens with zero attached hydrogens (tertiary/aromatic N) is 2. The lowest BCUT2D eigenvalue weighted by molar-refractivity contribution is -0.137. The number of carboxylic acids is 1. The van der Waals surface area contributed by atoms with Gasteiger partial charge in [-0.1, -0.05) is 20.8 Å². The molecule has 2 atom stereocenters. The van der Waals surface area contributed by atoms with Crippen molar-refractivity contribution in [2.75, 3.05) is 13.1 Å². The number of hydrogen-bond acceptors (Lipinski definition) is 2. The van der Waals surface area contributed by atoms with E-state index in [4.69, 9.17) is 5.11 Å². The van der Waals surface area contributed by atoms with Crippen LogP contribution in [0.4, 0.5) is 4.79 Å². The minimum atomic E-state index is -0.950. The summed E-state index contributed by atoms with van der Waals surface area (Å²) in [6, 6.07) is 0.347. The van der Waals surface area contributed by atoms with Crippen LogP contribution in [0.5, 0.6) is 0 Å². The Morgan fingerprint density at radius 1 is 1.37 bits per heavy atom. The van der Waals surface area contributed by atoms with Crippen molar-refractivity contribution in [2.45, 2.75) is 59.0 Å². The highest BCUT2D eigenvalue weighted by Crippen LogP contribution is 2.27. The van der Waals surface area contributed by atoms with E-state index in [0.717, 1.165) is 19.3 Å². The largest absolute Gasteiger partial charge is 0.480 e. The average molecular weight is 270 g/mol. The van der Waals surface area contributed by atoms with Gasteiger partial charge in [0.15, 0.2) is 0 Å². The van der Waals surface area contributed by atoms with Gasteiger partial charge < -0.3 is 14.9 Å². The van der Waals surface area contributed by atoms with Crippen LogP contribution in [-0.2, 0) is 4.79 Å². The van der Waals surface area contributed by atoms with E-state index >= 15 is 0 Å². The lowest BCUT2D eigenvalue weighted by atomic mass is 10.1. The molecule has 2 unspecified atom stereocenters. The Balaban J connectivity index is 2.81. The van der Waals surface area contributed by atoms with Crippen molar-refractivity contribution in [2.24, 2.45) is 5.92 Å². The van der Waals surface area contributed by atoms with Crippen LogP contribution in [0.25, 0.3) is 0 Å². The molecule has 2 amide bonds. The fourth-order valence-corrected chi connectivity index (χ4v) is 2.79. The third kappa shape index (κ3) is 4.11. The van der Waals surface area contributed by atoms with E-state index in [-0.39, 0.29) is 30.6 Å². The van der Waals surface area contributed by atoms with Gasteiger partial charge in [-0.2, -0.15) is 0 Å². The summed E-state index contributed by atoms with van der Waals surface area (Å²) in [4.78, 5) is 26.9. The van der Waals surface area contributed by atoms with Crippen LogP contribution in [0, 0.1) is 5.92 Å². The molecule has 0 radical (unpaired) electrons. The highest BCUT2D eigenvalue weighted by Gasteiger charge is 2.36. The van der Waals surface area contributed by atoms with E-state index in [2.05, 4.69) is 6.92 Å². The number of amides is 2. The molecule has 1 N–H and O–H groups in total. The second-order valence-electron chi connectivity index (χ2n) is 5.85. The van der Waals surface area contributed by atoms with Crippen molar-refractivity contribution >= 4 is 12.0 Å². The summed E-state index contributed by atoms with van der Waals surface area (Å²) in [5.41, 5.74) is 0. The molecule has 5 nitrogen and oxygen atoms in total. The molecule has 110 valence electrons. The molecule has 19 heavy (non-hydrogen) atoms. The lowest BCUT2D eigenvalue weighted by Gasteiger charge is -2.34. The predicted molar refractivity (Wildman–Crippen MR) is 74.1 cm³/mol. The van der Waals surface area contributed by atoms with E-state index in [0.29, 0.717) is 6.54 Å². The minimum Gasteiger partial charge on any atom is -0.480 e. The molecular weight excluding hydrogens is 244 g/mol. The van der Waals surface area contributed by atoms with E-state index < -0.39 is 5.97 Å². The predicted octanol–water partition coefficient (Wildman–Crippen LogP) is 2.41. The molecule has 1 fully saturated rings. The highest BCUT2D eigenvalue weighted by molar-refractivity contribution is 5.80.